The predicted molar refractivity (Wildman–Crippen MR) is 78.9 cm³/mol. The number of rotatable bonds is 4. The molecule has 2 rings (SSSR count). The van der Waals surface area contributed by atoms with Crippen LogP contribution in [0.5, 0.6) is 11.5 Å². The summed E-state index contributed by atoms with van der Waals surface area (Å²) in [6.07, 6.45) is 0. The molecule has 2 aromatic carbocycles. The van der Waals surface area contributed by atoms with Gasteiger partial charge in [0.25, 0.3) is 0 Å². The minimum absolute atomic E-state index is 0.0485. The van der Waals surface area contributed by atoms with E-state index in [2.05, 4.69) is 0 Å². The van der Waals surface area contributed by atoms with Crippen molar-refractivity contribution in [2.75, 3.05) is 14.2 Å². The molecule has 20 heavy (non-hydrogen) atoms. The Bertz CT molecular complexity index is 627. The number of carbonyl (C=O) groups excluding carboxylic acids is 1. The highest BCUT2D eigenvalue weighted by Gasteiger charge is 2.17. The predicted octanol–water partition coefficient (Wildman–Crippen LogP) is 3.55. The van der Waals surface area contributed by atoms with Crippen LogP contribution in [0.25, 0.3) is 0 Å². The Morgan fingerprint density at radius 1 is 0.900 bits per heavy atom. The van der Waals surface area contributed by atoms with E-state index in [1.54, 1.807) is 38.5 Å². The smallest absolute Gasteiger partial charge is 0.196 e. The number of carbonyl (C=O) groups is 1. The van der Waals surface area contributed by atoms with E-state index in [0.717, 1.165) is 16.9 Å². The molecule has 0 N–H and O–H groups in total. The first-order chi connectivity index (χ1) is 9.58. The Labute approximate surface area is 119 Å². The second kappa shape index (κ2) is 5.78. The molecule has 0 atom stereocenters. The van der Waals surface area contributed by atoms with Gasteiger partial charge in [-0.15, -0.1) is 0 Å². The number of methoxy groups -OCH3 is 2. The zero-order valence-electron chi connectivity index (χ0n) is 12.2. The molecule has 0 aliphatic carbocycles. The number of hydrogen-bond acceptors (Lipinski definition) is 3. The molecular formula is C17H18O3. The van der Waals surface area contributed by atoms with Crippen molar-refractivity contribution in [1.82, 2.24) is 0 Å². The molecule has 0 aliphatic rings. The third kappa shape index (κ3) is 2.52. The highest BCUT2D eigenvalue weighted by atomic mass is 16.5. The lowest BCUT2D eigenvalue weighted by atomic mass is 9.97. The lowest BCUT2D eigenvalue weighted by Crippen LogP contribution is -2.06. The largest absolute Gasteiger partial charge is 0.497 e. The molecule has 0 fully saturated rings. The standard InChI is InChI=1S/C17H18O3/c1-11-5-10-15(17(20-4)12(11)2)16(18)13-6-8-14(19-3)9-7-13/h5-10H,1-4H3. The van der Waals surface area contributed by atoms with Gasteiger partial charge in [0.05, 0.1) is 19.8 Å². The Morgan fingerprint density at radius 2 is 1.55 bits per heavy atom. The van der Waals surface area contributed by atoms with Crippen LogP contribution < -0.4 is 9.47 Å². The Morgan fingerprint density at radius 3 is 2.10 bits per heavy atom. The van der Waals surface area contributed by atoms with Crippen molar-refractivity contribution in [2.24, 2.45) is 0 Å². The first kappa shape index (κ1) is 14.1. The van der Waals surface area contributed by atoms with Gasteiger partial charge in [-0.1, -0.05) is 6.07 Å². The van der Waals surface area contributed by atoms with E-state index in [1.165, 1.54) is 0 Å². The molecule has 3 heteroatoms. The Hall–Kier alpha value is -2.29. The lowest BCUT2D eigenvalue weighted by Gasteiger charge is -2.13. The molecule has 0 aliphatic heterocycles. The molecule has 0 amide bonds. The van der Waals surface area contributed by atoms with E-state index in [4.69, 9.17) is 9.47 Å². The van der Waals surface area contributed by atoms with Crippen LogP contribution in [-0.4, -0.2) is 20.0 Å². The molecule has 0 radical (unpaired) electrons. The highest BCUT2D eigenvalue weighted by Crippen LogP contribution is 2.28. The first-order valence-corrected chi connectivity index (χ1v) is 6.41. The quantitative estimate of drug-likeness (QED) is 0.797. The molecule has 2 aromatic rings. The van der Waals surface area contributed by atoms with Crippen LogP contribution in [0.4, 0.5) is 0 Å². The van der Waals surface area contributed by atoms with Gasteiger partial charge >= 0.3 is 0 Å². The fraction of sp³-hybridized carbons (Fsp3) is 0.235. The van der Waals surface area contributed by atoms with Gasteiger partial charge in [0.1, 0.15) is 11.5 Å². The Balaban J connectivity index is 2.45. The van der Waals surface area contributed by atoms with E-state index in [9.17, 15) is 4.79 Å². The van der Waals surface area contributed by atoms with Crippen LogP contribution in [0.1, 0.15) is 27.0 Å². The maximum atomic E-state index is 12.6. The fourth-order valence-corrected chi connectivity index (χ4v) is 2.13. The number of ketones is 1. The van der Waals surface area contributed by atoms with Crippen molar-refractivity contribution >= 4 is 5.78 Å². The number of ether oxygens (including phenoxy) is 2. The van der Waals surface area contributed by atoms with Gasteiger partial charge in [-0.05, 0) is 55.3 Å². The first-order valence-electron chi connectivity index (χ1n) is 6.41. The van der Waals surface area contributed by atoms with E-state index in [-0.39, 0.29) is 5.78 Å². The number of aryl methyl sites for hydroxylation is 1. The van der Waals surface area contributed by atoms with Crippen LogP contribution in [0, 0.1) is 13.8 Å². The monoisotopic (exact) mass is 270 g/mol. The second-order valence-corrected chi connectivity index (χ2v) is 4.65. The summed E-state index contributed by atoms with van der Waals surface area (Å²) in [6.45, 7) is 3.96. The minimum Gasteiger partial charge on any atom is -0.497 e. The molecule has 0 saturated carbocycles. The van der Waals surface area contributed by atoms with Crippen molar-refractivity contribution in [3.05, 3.63) is 58.7 Å². The molecular weight excluding hydrogens is 252 g/mol. The Kier molecular flexibility index (Phi) is 4.08. The van der Waals surface area contributed by atoms with Crippen LogP contribution in [0.2, 0.25) is 0 Å². The molecule has 3 nitrogen and oxygen atoms in total. The normalized spacial score (nSPS) is 10.2. The van der Waals surface area contributed by atoms with Crippen molar-refractivity contribution in [1.29, 1.82) is 0 Å². The fourth-order valence-electron chi connectivity index (χ4n) is 2.13. The van der Waals surface area contributed by atoms with Gasteiger partial charge in [-0.2, -0.15) is 0 Å². The number of hydrogen-bond donors (Lipinski definition) is 0. The molecule has 104 valence electrons. The molecule has 0 heterocycles. The average molecular weight is 270 g/mol. The summed E-state index contributed by atoms with van der Waals surface area (Å²) in [5.41, 5.74) is 3.30. The van der Waals surface area contributed by atoms with Crippen LogP contribution in [-0.2, 0) is 0 Å². The third-order valence-electron chi connectivity index (χ3n) is 3.48. The lowest BCUT2D eigenvalue weighted by molar-refractivity contribution is 0.103. The van der Waals surface area contributed by atoms with Crippen molar-refractivity contribution < 1.29 is 14.3 Å². The minimum atomic E-state index is -0.0485. The van der Waals surface area contributed by atoms with Gasteiger partial charge < -0.3 is 9.47 Å². The summed E-state index contributed by atoms with van der Waals surface area (Å²) in [5, 5.41) is 0. The maximum absolute atomic E-state index is 12.6. The third-order valence-corrected chi connectivity index (χ3v) is 3.48. The summed E-state index contributed by atoms with van der Waals surface area (Å²) in [5.74, 6) is 1.33. The molecule has 0 unspecified atom stereocenters. The van der Waals surface area contributed by atoms with Gasteiger partial charge in [-0.25, -0.2) is 0 Å². The van der Waals surface area contributed by atoms with E-state index < -0.39 is 0 Å². The summed E-state index contributed by atoms with van der Waals surface area (Å²) >= 11 is 0. The van der Waals surface area contributed by atoms with E-state index in [0.29, 0.717) is 16.9 Å². The molecule has 0 aromatic heterocycles. The highest BCUT2D eigenvalue weighted by molar-refractivity contribution is 6.11. The van der Waals surface area contributed by atoms with Gasteiger partial charge in [0.15, 0.2) is 5.78 Å². The van der Waals surface area contributed by atoms with E-state index in [1.807, 2.05) is 26.0 Å². The van der Waals surface area contributed by atoms with Gasteiger partial charge in [0, 0.05) is 5.56 Å². The maximum Gasteiger partial charge on any atom is 0.196 e. The van der Waals surface area contributed by atoms with Crippen LogP contribution in [0.15, 0.2) is 36.4 Å². The SMILES string of the molecule is COc1ccc(C(=O)c2ccc(C)c(C)c2OC)cc1. The zero-order valence-corrected chi connectivity index (χ0v) is 12.2. The van der Waals surface area contributed by atoms with Gasteiger partial charge in [0.2, 0.25) is 0 Å². The molecule has 0 bridgehead atoms. The number of benzene rings is 2. The van der Waals surface area contributed by atoms with Gasteiger partial charge in [-0.3, -0.25) is 4.79 Å². The second-order valence-electron chi connectivity index (χ2n) is 4.65. The summed E-state index contributed by atoms with van der Waals surface area (Å²) in [7, 11) is 3.19. The molecule has 0 spiro atoms. The zero-order chi connectivity index (χ0) is 14.7. The van der Waals surface area contributed by atoms with E-state index >= 15 is 0 Å². The van der Waals surface area contributed by atoms with Crippen molar-refractivity contribution in [3.63, 3.8) is 0 Å². The topological polar surface area (TPSA) is 35.5 Å². The average Bonchev–Trinajstić information content (AvgIpc) is 2.49. The van der Waals surface area contributed by atoms with Crippen molar-refractivity contribution in [2.45, 2.75) is 13.8 Å². The van der Waals surface area contributed by atoms with Crippen molar-refractivity contribution in [3.8, 4) is 11.5 Å². The summed E-state index contributed by atoms with van der Waals surface area (Å²) < 4.78 is 10.5. The molecule has 0 saturated heterocycles. The summed E-state index contributed by atoms with van der Waals surface area (Å²) in [4.78, 5) is 12.6. The van der Waals surface area contributed by atoms with Crippen LogP contribution in [0.3, 0.4) is 0 Å². The van der Waals surface area contributed by atoms with Crippen LogP contribution >= 0.6 is 0 Å². The summed E-state index contributed by atoms with van der Waals surface area (Å²) in [6, 6.07) is 10.8.